The lowest BCUT2D eigenvalue weighted by atomic mass is 9.88. The first-order valence-electron chi connectivity index (χ1n) is 6.98. The molecule has 1 rings (SSSR count). The van der Waals surface area contributed by atoms with Gasteiger partial charge in [-0.3, -0.25) is 0 Å². The molecule has 4 unspecified atom stereocenters. The maximum atomic E-state index is 10.2. The van der Waals surface area contributed by atoms with Gasteiger partial charge >= 0.3 is 0 Å². The number of unbranched alkanes of at least 4 members (excludes halogenated alkanes) is 1. The molecule has 1 N–H and O–H groups in total. The minimum atomic E-state index is -0.251. The van der Waals surface area contributed by atoms with Crippen LogP contribution in [0.4, 0.5) is 0 Å². The van der Waals surface area contributed by atoms with E-state index in [2.05, 4.69) is 20.8 Å². The molecule has 0 aliphatic carbocycles. The number of hydrogen-bond acceptors (Lipinski definition) is 2. The minimum Gasteiger partial charge on any atom is -0.390 e. The Kier molecular flexibility index (Phi) is 6.37. The van der Waals surface area contributed by atoms with Crippen LogP contribution in [0.3, 0.4) is 0 Å². The van der Waals surface area contributed by atoms with Gasteiger partial charge in [-0.25, -0.2) is 0 Å². The van der Waals surface area contributed by atoms with E-state index >= 15 is 0 Å². The van der Waals surface area contributed by atoms with Crippen molar-refractivity contribution in [2.45, 2.75) is 71.5 Å². The van der Waals surface area contributed by atoms with Crippen molar-refractivity contribution in [3.05, 3.63) is 0 Å². The van der Waals surface area contributed by atoms with E-state index in [9.17, 15) is 5.11 Å². The van der Waals surface area contributed by atoms with Crippen molar-refractivity contribution < 1.29 is 9.84 Å². The van der Waals surface area contributed by atoms with E-state index in [1.165, 1.54) is 25.7 Å². The summed E-state index contributed by atoms with van der Waals surface area (Å²) in [5.41, 5.74) is 0. The van der Waals surface area contributed by atoms with Crippen molar-refractivity contribution in [1.82, 2.24) is 0 Å². The number of rotatable bonds is 7. The van der Waals surface area contributed by atoms with Crippen LogP contribution >= 0.6 is 0 Å². The molecule has 0 saturated carbocycles. The topological polar surface area (TPSA) is 29.5 Å². The molecule has 0 spiro atoms. The highest BCUT2D eigenvalue weighted by Crippen LogP contribution is 2.28. The van der Waals surface area contributed by atoms with Crippen LogP contribution in [0.25, 0.3) is 0 Å². The fourth-order valence-corrected chi connectivity index (χ4v) is 2.67. The van der Waals surface area contributed by atoms with E-state index in [1.807, 2.05) is 0 Å². The molecular weight excluding hydrogens is 200 g/mol. The first-order valence-corrected chi connectivity index (χ1v) is 6.98. The molecule has 0 bridgehead atoms. The molecule has 4 atom stereocenters. The van der Waals surface area contributed by atoms with E-state index in [0.717, 1.165) is 19.4 Å². The normalized spacial score (nSPS) is 29.2. The van der Waals surface area contributed by atoms with Gasteiger partial charge in [-0.1, -0.05) is 46.5 Å². The van der Waals surface area contributed by atoms with Crippen LogP contribution in [0.5, 0.6) is 0 Å². The quantitative estimate of drug-likeness (QED) is 0.724. The van der Waals surface area contributed by atoms with Crippen LogP contribution in [0.1, 0.15) is 59.3 Å². The maximum absolute atomic E-state index is 10.2. The third-order valence-electron chi connectivity index (χ3n) is 3.94. The van der Waals surface area contributed by atoms with Crippen molar-refractivity contribution in [3.63, 3.8) is 0 Å². The maximum Gasteiger partial charge on any atom is 0.0860 e. The SMILES string of the molecule is CCCCC(CC)CC(O)C1OCCC1C. The summed E-state index contributed by atoms with van der Waals surface area (Å²) < 4.78 is 5.63. The molecule has 0 aromatic carbocycles. The summed E-state index contributed by atoms with van der Waals surface area (Å²) in [6.45, 7) is 7.47. The Bertz CT molecular complexity index is 182. The molecule has 2 nitrogen and oxygen atoms in total. The van der Waals surface area contributed by atoms with Gasteiger partial charge < -0.3 is 9.84 Å². The lowest BCUT2D eigenvalue weighted by molar-refractivity contribution is -0.0281. The molecule has 16 heavy (non-hydrogen) atoms. The summed E-state index contributed by atoms with van der Waals surface area (Å²) >= 11 is 0. The highest BCUT2D eigenvalue weighted by molar-refractivity contribution is 4.81. The van der Waals surface area contributed by atoms with Crippen molar-refractivity contribution in [1.29, 1.82) is 0 Å². The first kappa shape index (κ1) is 14.0. The predicted octanol–water partition coefficient (Wildman–Crippen LogP) is 3.38. The molecule has 1 fully saturated rings. The van der Waals surface area contributed by atoms with Crippen molar-refractivity contribution in [2.24, 2.45) is 11.8 Å². The molecule has 0 radical (unpaired) electrons. The summed E-state index contributed by atoms with van der Waals surface area (Å²) in [5, 5.41) is 10.2. The van der Waals surface area contributed by atoms with E-state index < -0.39 is 0 Å². The van der Waals surface area contributed by atoms with E-state index in [0.29, 0.717) is 11.8 Å². The first-order chi connectivity index (χ1) is 7.69. The van der Waals surface area contributed by atoms with E-state index in [1.54, 1.807) is 0 Å². The largest absolute Gasteiger partial charge is 0.390 e. The van der Waals surface area contributed by atoms with Crippen molar-refractivity contribution >= 4 is 0 Å². The van der Waals surface area contributed by atoms with Gasteiger partial charge in [-0.05, 0) is 24.7 Å². The molecule has 1 heterocycles. The molecule has 0 aromatic heterocycles. The molecule has 0 amide bonds. The van der Waals surface area contributed by atoms with Gasteiger partial charge in [0.05, 0.1) is 12.2 Å². The van der Waals surface area contributed by atoms with Gasteiger partial charge in [0.25, 0.3) is 0 Å². The lowest BCUT2D eigenvalue weighted by Crippen LogP contribution is -2.31. The molecule has 1 aliphatic heterocycles. The van der Waals surface area contributed by atoms with Crippen molar-refractivity contribution in [3.8, 4) is 0 Å². The van der Waals surface area contributed by atoms with Gasteiger partial charge in [-0.15, -0.1) is 0 Å². The summed E-state index contributed by atoms with van der Waals surface area (Å²) in [6.07, 6.45) is 6.84. The third-order valence-corrected chi connectivity index (χ3v) is 3.94. The third kappa shape index (κ3) is 4.06. The fraction of sp³-hybridized carbons (Fsp3) is 1.00. The predicted molar refractivity (Wildman–Crippen MR) is 67.5 cm³/mol. The number of aliphatic hydroxyl groups excluding tert-OH is 1. The molecule has 1 saturated heterocycles. The van der Waals surface area contributed by atoms with Gasteiger partial charge in [0.15, 0.2) is 0 Å². The standard InChI is InChI=1S/C14H28O2/c1-4-6-7-12(5-2)10-13(15)14-11(3)8-9-16-14/h11-15H,4-10H2,1-3H3. The average Bonchev–Trinajstić information content (AvgIpc) is 2.70. The van der Waals surface area contributed by atoms with Gasteiger partial charge in [0.1, 0.15) is 0 Å². The van der Waals surface area contributed by atoms with Crippen LogP contribution in [-0.4, -0.2) is 23.9 Å². The van der Waals surface area contributed by atoms with E-state index in [4.69, 9.17) is 4.74 Å². The second-order valence-corrected chi connectivity index (χ2v) is 5.32. The second kappa shape index (κ2) is 7.29. The Labute approximate surface area is 100 Å². The fourth-order valence-electron chi connectivity index (χ4n) is 2.67. The van der Waals surface area contributed by atoms with Crippen LogP contribution in [-0.2, 0) is 4.74 Å². The molecule has 0 aromatic rings. The van der Waals surface area contributed by atoms with Crippen molar-refractivity contribution in [2.75, 3.05) is 6.61 Å². The molecule has 1 aliphatic rings. The zero-order valence-corrected chi connectivity index (χ0v) is 11.1. The molecular formula is C14H28O2. The van der Waals surface area contributed by atoms with Gasteiger partial charge in [-0.2, -0.15) is 0 Å². The minimum absolute atomic E-state index is 0.0932. The Morgan fingerprint density at radius 1 is 1.38 bits per heavy atom. The second-order valence-electron chi connectivity index (χ2n) is 5.32. The van der Waals surface area contributed by atoms with Crippen LogP contribution in [0.15, 0.2) is 0 Å². The van der Waals surface area contributed by atoms with Crippen LogP contribution in [0.2, 0.25) is 0 Å². The lowest BCUT2D eigenvalue weighted by Gasteiger charge is -2.25. The Balaban J connectivity index is 2.32. The Morgan fingerprint density at radius 3 is 2.62 bits per heavy atom. The van der Waals surface area contributed by atoms with Gasteiger partial charge in [0.2, 0.25) is 0 Å². The monoisotopic (exact) mass is 228 g/mol. The molecule has 2 heteroatoms. The summed E-state index contributed by atoms with van der Waals surface area (Å²) in [6, 6.07) is 0. The number of ether oxygens (including phenoxy) is 1. The number of aliphatic hydroxyl groups is 1. The zero-order valence-electron chi connectivity index (χ0n) is 11.1. The number of hydrogen-bond donors (Lipinski definition) is 1. The highest BCUT2D eigenvalue weighted by Gasteiger charge is 2.31. The Hall–Kier alpha value is -0.0800. The van der Waals surface area contributed by atoms with Gasteiger partial charge in [0, 0.05) is 6.61 Å². The van der Waals surface area contributed by atoms with E-state index in [-0.39, 0.29) is 12.2 Å². The zero-order chi connectivity index (χ0) is 12.0. The summed E-state index contributed by atoms with van der Waals surface area (Å²) in [5.74, 6) is 1.20. The van der Waals surface area contributed by atoms with Crippen LogP contribution in [0, 0.1) is 11.8 Å². The average molecular weight is 228 g/mol. The summed E-state index contributed by atoms with van der Waals surface area (Å²) in [7, 11) is 0. The molecule has 96 valence electrons. The summed E-state index contributed by atoms with van der Waals surface area (Å²) in [4.78, 5) is 0. The smallest absolute Gasteiger partial charge is 0.0860 e. The Morgan fingerprint density at radius 2 is 2.12 bits per heavy atom. The van der Waals surface area contributed by atoms with Crippen LogP contribution < -0.4 is 0 Å². The highest BCUT2D eigenvalue weighted by atomic mass is 16.5.